The van der Waals surface area contributed by atoms with E-state index in [1.807, 2.05) is 4.90 Å². The van der Waals surface area contributed by atoms with E-state index >= 15 is 0 Å². The van der Waals surface area contributed by atoms with Crippen LogP contribution in [0.25, 0.3) is 0 Å². The minimum atomic E-state index is -0.268. The molecule has 0 radical (unpaired) electrons. The second kappa shape index (κ2) is 7.49. The van der Waals surface area contributed by atoms with Gasteiger partial charge in [-0.2, -0.15) is 0 Å². The fraction of sp³-hybridized carbons (Fsp3) is 0.917. The Labute approximate surface area is 98.0 Å². The molecule has 0 aliphatic carbocycles. The zero-order chi connectivity index (χ0) is 11.8. The van der Waals surface area contributed by atoms with Crippen LogP contribution in [0, 0.1) is 0 Å². The van der Waals surface area contributed by atoms with Crippen molar-refractivity contribution in [1.29, 1.82) is 0 Å². The normalized spacial score (nSPS) is 19.0. The van der Waals surface area contributed by atoms with Crippen LogP contribution in [0.2, 0.25) is 0 Å². The second-order valence-electron chi connectivity index (χ2n) is 4.62. The molecule has 0 bridgehead atoms. The molecule has 94 valence electrons. The van der Waals surface area contributed by atoms with Crippen LogP contribution in [0.15, 0.2) is 0 Å². The van der Waals surface area contributed by atoms with Gasteiger partial charge in [-0.05, 0) is 32.6 Å². The summed E-state index contributed by atoms with van der Waals surface area (Å²) < 4.78 is 0. The molecule has 0 aromatic carbocycles. The molecular weight excluding hydrogens is 204 g/mol. The molecule has 1 atom stereocenters. The van der Waals surface area contributed by atoms with Crippen LogP contribution in [-0.2, 0) is 0 Å². The van der Waals surface area contributed by atoms with Crippen LogP contribution < -0.4 is 5.32 Å². The standard InChI is InChI=1S/C12H24N2O2/c1-11(15)7-6-8-13-12(16)14-9-4-2-3-5-10-14/h11,15H,2-10H2,1H3,(H,13,16). The van der Waals surface area contributed by atoms with Crippen molar-refractivity contribution in [1.82, 2.24) is 10.2 Å². The fourth-order valence-electron chi connectivity index (χ4n) is 1.98. The Morgan fingerprint density at radius 2 is 1.94 bits per heavy atom. The summed E-state index contributed by atoms with van der Waals surface area (Å²) in [5, 5.41) is 12.0. The first kappa shape index (κ1) is 13.3. The van der Waals surface area contributed by atoms with Crippen LogP contribution in [0.5, 0.6) is 0 Å². The third-order valence-corrected chi connectivity index (χ3v) is 2.97. The lowest BCUT2D eigenvalue weighted by atomic mass is 10.2. The molecule has 1 fully saturated rings. The van der Waals surface area contributed by atoms with Gasteiger partial charge in [-0.3, -0.25) is 0 Å². The lowest BCUT2D eigenvalue weighted by Crippen LogP contribution is -2.40. The average Bonchev–Trinajstić information content (AvgIpc) is 2.52. The molecule has 0 aromatic heterocycles. The van der Waals surface area contributed by atoms with Crippen molar-refractivity contribution >= 4 is 6.03 Å². The number of urea groups is 1. The number of carbonyl (C=O) groups excluding carboxylic acids is 1. The quantitative estimate of drug-likeness (QED) is 0.720. The summed E-state index contributed by atoms with van der Waals surface area (Å²) in [6.45, 7) is 4.22. The van der Waals surface area contributed by atoms with Crippen molar-refractivity contribution in [3.8, 4) is 0 Å². The van der Waals surface area contributed by atoms with E-state index in [-0.39, 0.29) is 12.1 Å². The van der Waals surface area contributed by atoms with Crippen LogP contribution >= 0.6 is 0 Å². The number of aliphatic hydroxyl groups is 1. The third-order valence-electron chi connectivity index (χ3n) is 2.97. The number of nitrogens with zero attached hydrogens (tertiary/aromatic N) is 1. The van der Waals surface area contributed by atoms with E-state index in [0.29, 0.717) is 6.54 Å². The number of amides is 2. The third kappa shape index (κ3) is 5.35. The molecule has 0 spiro atoms. The van der Waals surface area contributed by atoms with Crippen LogP contribution in [0.3, 0.4) is 0 Å². The van der Waals surface area contributed by atoms with E-state index in [1.54, 1.807) is 6.92 Å². The van der Waals surface area contributed by atoms with Gasteiger partial charge >= 0.3 is 6.03 Å². The molecule has 1 rings (SSSR count). The fourth-order valence-corrected chi connectivity index (χ4v) is 1.98. The number of nitrogens with one attached hydrogen (secondary N) is 1. The zero-order valence-corrected chi connectivity index (χ0v) is 10.2. The number of aliphatic hydroxyl groups excluding tert-OH is 1. The smallest absolute Gasteiger partial charge is 0.317 e. The predicted molar refractivity (Wildman–Crippen MR) is 64.4 cm³/mol. The Kier molecular flexibility index (Phi) is 6.23. The first-order valence-electron chi connectivity index (χ1n) is 6.41. The summed E-state index contributed by atoms with van der Waals surface area (Å²) in [4.78, 5) is 13.7. The van der Waals surface area contributed by atoms with Crippen molar-refractivity contribution in [2.24, 2.45) is 0 Å². The van der Waals surface area contributed by atoms with Crippen LogP contribution in [0.4, 0.5) is 4.79 Å². The van der Waals surface area contributed by atoms with Gasteiger partial charge in [0.1, 0.15) is 0 Å². The molecule has 4 heteroatoms. The highest BCUT2D eigenvalue weighted by Crippen LogP contribution is 2.09. The molecule has 1 heterocycles. The Balaban J connectivity index is 2.13. The maximum atomic E-state index is 11.7. The highest BCUT2D eigenvalue weighted by molar-refractivity contribution is 5.74. The SMILES string of the molecule is CC(O)CCCNC(=O)N1CCCCCC1. The molecule has 0 aromatic rings. The van der Waals surface area contributed by atoms with E-state index in [0.717, 1.165) is 38.8 Å². The molecule has 2 amide bonds. The van der Waals surface area contributed by atoms with Gasteiger partial charge < -0.3 is 15.3 Å². The monoisotopic (exact) mass is 228 g/mol. The molecule has 1 unspecified atom stereocenters. The highest BCUT2D eigenvalue weighted by atomic mass is 16.3. The summed E-state index contributed by atoms with van der Waals surface area (Å²) in [6, 6.07) is 0.0625. The Morgan fingerprint density at radius 1 is 1.31 bits per heavy atom. The maximum Gasteiger partial charge on any atom is 0.317 e. The summed E-state index contributed by atoms with van der Waals surface area (Å²) in [7, 11) is 0. The summed E-state index contributed by atoms with van der Waals surface area (Å²) in [6.07, 6.45) is 6.06. The molecular formula is C12H24N2O2. The van der Waals surface area contributed by atoms with E-state index in [1.165, 1.54) is 12.8 Å². The van der Waals surface area contributed by atoms with Gasteiger partial charge in [-0.15, -0.1) is 0 Å². The van der Waals surface area contributed by atoms with E-state index in [9.17, 15) is 4.79 Å². The summed E-state index contributed by atoms with van der Waals surface area (Å²) in [5.74, 6) is 0. The van der Waals surface area contributed by atoms with Gasteiger partial charge in [-0.1, -0.05) is 12.8 Å². The first-order valence-corrected chi connectivity index (χ1v) is 6.41. The lowest BCUT2D eigenvalue weighted by Gasteiger charge is -2.20. The lowest BCUT2D eigenvalue weighted by molar-refractivity contribution is 0.178. The van der Waals surface area contributed by atoms with Gasteiger partial charge in [0.25, 0.3) is 0 Å². The van der Waals surface area contributed by atoms with Gasteiger partial charge in [0.15, 0.2) is 0 Å². The molecule has 1 aliphatic rings. The topological polar surface area (TPSA) is 52.6 Å². The van der Waals surface area contributed by atoms with Crippen LogP contribution in [-0.4, -0.2) is 41.8 Å². The first-order chi connectivity index (χ1) is 7.70. The number of hydrogen-bond donors (Lipinski definition) is 2. The van der Waals surface area contributed by atoms with Crippen molar-refractivity contribution < 1.29 is 9.90 Å². The van der Waals surface area contributed by atoms with E-state index < -0.39 is 0 Å². The molecule has 4 nitrogen and oxygen atoms in total. The molecule has 16 heavy (non-hydrogen) atoms. The van der Waals surface area contributed by atoms with E-state index in [4.69, 9.17) is 5.11 Å². The number of rotatable bonds is 4. The van der Waals surface area contributed by atoms with Crippen LogP contribution in [0.1, 0.15) is 45.4 Å². The second-order valence-corrected chi connectivity index (χ2v) is 4.62. The number of carbonyl (C=O) groups is 1. The van der Waals surface area contributed by atoms with Gasteiger partial charge in [0, 0.05) is 19.6 Å². The van der Waals surface area contributed by atoms with Gasteiger partial charge in [0.2, 0.25) is 0 Å². The molecule has 1 aliphatic heterocycles. The Bertz CT molecular complexity index is 199. The van der Waals surface area contributed by atoms with E-state index in [2.05, 4.69) is 5.32 Å². The van der Waals surface area contributed by atoms with Crippen molar-refractivity contribution in [3.05, 3.63) is 0 Å². The largest absolute Gasteiger partial charge is 0.393 e. The van der Waals surface area contributed by atoms with Crippen molar-refractivity contribution in [2.45, 2.75) is 51.6 Å². The summed E-state index contributed by atoms with van der Waals surface area (Å²) >= 11 is 0. The average molecular weight is 228 g/mol. The van der Waals surface area contributed by atoms with Crippen molar-refractivity contribution in [3.63, 3.8) is 0 Å². The Morgan fingerprint density at radius 3 is 2.50 bits per heavy atom. The number of hydrogen-bond acceptors (Lipinski definition) is 2. The molecule has 0 saturated carbocycles. The maximum absolute atomic E-state index is 11.7. The molecule has 2 N–H and O–H groups in total. The predicted octanol–water partition coefficient (Wildman–Crippen LogP) is 1.73. The summed E-state index contributed by atoms with van der Waals surface area (Å²) in [5.41, 5.74) is 0. The molecule has 1 saturated heterocycles. The Hall–Kier alpha value is -0.770. The highest BCUT2D eigenvalue weighted by Gasteiger charge is 2.14. The minimum absolute atomic E-state index is 0.0625. The number of likely N-dealkylation sites (tertiary alicyclic amines) is 1. The zero-order valence-electron chi connectivity index (χ0n) is 10.2. The van der Waals surface area contributed by atoms with Gasteiger partial charge in [0.05, 0.1) is 6.10 Å². The minimum Gasteiger partial charge on any atom is -0.393 e. The van der Waals surface area contributed by atoms with Gasteiger partial charge in [-0.25, -0.2) is 4.79 Å². The van der Waals surface area contributed by atoms with Crippen molar-refractivity contribution in [2.75, 3.05) is 19.6 Å².